The van der Waals surface area contributed by atoms with E-state index in [0.29, 0.717) is 6.04 Å². The van der Waals surface area contributed by atoms with Gasteiger partial charge in [-0.2, -0.15) is 0 Å². The first-order valence-corrected chi connectivity index (χ1v) is 5.95. The minimum Gasteiger partial charge on any atom is -0.368 e. The first-order chi connectivity index (χ1) is 7.75. The minimum atomic E-state index is 0.422. The van der Waals surface area contributed by atoms with Crippen molar-refractivity contribution in [1.29, 1.82) is 0 Å². The smallest absolute Gasteiger partial charge is 0.131 e. The summed E-state index contributed by atoms with van der Waals surface area (Å²) in [7, 11) is 0. The molecule has 0 amide bonds. The highest BCUT2D eigenvalue weighted by atomic mass is 15.2. The van der Waals surface area contributed by atoms with E-state index < -0.39 is 0 Å². The van der Waals surface area contributed by atoms with Crippen LogP contribution in [-0.2, 0) is 0 Å². The third kappa shape index (κ3) is 2.85. The van der Waals surface area contributed by atoms with Gasteiger partial charge in [-0.3, -0.25) is 0 Å². The number of hydrogen-bond donors (Lipinski definition) is 2. The molecule has 1 aliphatic rings. The third-order valence-corrected chi connectivity index (χ3v) is 2.61. The van der Waals surface area contributed by atoms with Crippen LogP contribution in [0.5, 0.6) is 0 Å². The van der Waals surface area contributed by atoms with Gasteiger partial charge >= 0.3 is 0 Å². The van der Waals surface area contributed by atoms with Gasteiger partial charge < -0.3 is 15.5 Å². The zero-order chi connectivity index (χ0) is 11.4. The van der Waals surface area contributed by atoms with Crippen LogP contribution in [0.25, 0.3) is 0 Å². The summed E-state index contributed by atoms with van der Waals surface area (Å²) in [6.07, 6.45) is 0. The van der Waals surface area contributed by atoms with E-state index in [0.717, 1.165) is 37.8 Å². The molecule has 0 aliphatic carbocycles. The molecule has 0 saturated carbocycles. The van der Waals surface area contributed by atoms with Gasteiger partial charge in [-0.15, -0.1) is 0 Å². The van der Waals surface area contributed by atoms with Crippen molar-refractivity contribution in [2.75, 3.05) is 36.4 Å². The van der Waals surface area contributed by atoms with Gasteiger partial charge in [0.2, 0.25) is 0 Å². The molecule has 0 aromatic carbocycles. The molecule has 2 heterocycles. The lowest BCUT2D eigenvalue weighted by molar-refractivity contribution is 0.585. The Morgan fingerprint density at radius 2 is 2.06 bits per heavy atom. The molecule has 1 aliphatic heterocycles. The second-order valence-corrected chi connectivity index (χ2v) is 4.42. The monoisotopic (exact) mass is 220 g/mol. The number of piperazine rings is 1. The van der Waals surface area contributed by atoms with Crippen molar-refractivity contribution < 1.29 is 0 Å². The van der Waals surface area contributed by atoms with Crippen LogP contribution in [0.2, 0.25) is 0 Å². The second kappa shape index (κ2) is 5.16. The predicted molar refractivity (Wildman–Crippen MR) is 68.1 cm³/mol. The molecule has 1 fully saturated rings. The van der Waals surface area contributed by atoms with Gasteiger partial charge in [0.1, 0.15) is 11.6 Å². The molecule has 4 heteroatoms. The number of rotatable bonds is 3. The summed E-state index contributed by atoms with van der Waals surface area (Å²) in [6, 6.07) is 6.59. The first-order valence-electron chi connectivity index (χ1n) is 5.95. The van der Waals surface area contributed by atoms with E-state index >= 15 is 0 Å². The Bertz CT molecular complexity index is 332. The molecular formula is C12H20N4. The number of nitrogens with one attached hydrogen (secondary N) is 2. The predicted octanol–water partition coefficient (Wildman–Crippen LogP) is 1.31. The fraction of sp³-hybridized carbons (Fsp3) is 0.583. The topological polar surface area (TPSA) is 40.2 Å². The standard InChI is InChI=1S/C12H20N4/c1-10(2)14-11-4-3-5-12(15-11)16-8-6-13-7-9-16/h3-5,10,13H,6-9H2,1-2H3,(H,14,15). The Hall–Kier alpha value is -1.29. The van der Waals surface area contributed by atoms with Crippen LogP contribution in [0.1, 0.15) is 13.8 Å². The molecule has 2 N–H and O–H groups in total. The fourth-order valence-electron chi connectivity index (χ4n) is 1.87. The first kappa shape index (κ1) is 11.2. The maximum Gasteiger partial charge on any atom is 0.131 e. The van der Waals surface area contributed by atoms with Crippen LogP contribution in [0.4, 0.5) is 11.6 Å². The Morgan fingerprint density at radius 1 is 1.31 bits per heavy atom. The summed E-state index contributed by atoms with van der Waals surface area (Å²) in [6.45, 7) is 8.42. The van der Waals surface area contributed by atoms with Crippen molar-refractivity contribution >= 4 is 11.6 Å². The molecule has 2 rings (SSSR count). The van der Waals surface area contributed by atoms with Crippen molar-refractivity contribution in [3.05, 3.63) is 18.2 Å². The number of anilines is 2. The van der Waals surface area contributed by atoms with Crippen molar-refractivity contribution in [2.24, 2.45) is 0 Å². The second-order valence-electron chi connectivity index (χ2n) is 4.42. The third-order valence-electron chi connectivity index (χ3n) is 2.61. The van der Waals surface area contributed by atoms with Crippen molar-refractivity contribution in [3.8, 4) is 0 Å². The molecule has 1 saturated heterocycles. The van der Waals surface area contributed by atoms with Crippen molar-refractivity contribution in [3.63, 3.8) is 0 Å². The largest absolute Gasteiger partial charge is 0.368 e. The molecule has 1 aromatic rings. The average Bonchev–Trinajstić information content (AvgIpc) is 2.30. The number of nitrogens with zero attached hydrogens (tertiary/aromatic N) is 2. The Kier molecular flexibility index (Phi) is 3.62. The van der Waals surface area contributed by atoms with Gasteiger partial charge in [0.25, 0.3) is 0 Å². The summed E-state index contributed by atoms with van der Waals surface area (Å²) in [4.78, 5) is 6.95. The summed E-state index contributed by atoms with van der Waals surface area (Å²) < 4.78 is 0. The SMILES string of the molecule is CC(C)Nc1cccc(N2CCNCC2)n1. The lowest BCUT2D eigenvalue weighted by atomic mass is 10.3. The van der Waals surface area contributed by atoms with E-state index in [-0.39, 0.29) is 0 Å². The van der Waals surface area contributed by atoms with Crippen LogP contribution in [-0.4, -0.2) is 37.2 Å². The quantitative estimate of drug-likeness (QED) is 0.806. The highest BCUT2D eigenvalue weighted by molar-refractivity contribution is 5.47. The zero-order valence-electron chi connectivity index (χ0n) is 10.0. The van der Waals surface area contributed by atoms with Gasteiger partial charge in [-0.25, -0.2) is 4.98 Å². The lowest BCUT2D eigenvalue weighted by Gasteiger charge is -2.28. The summed E-state index contributed by atoms with van der Waals surface area (Å²) in [5.74, 6) is 2.04. The number of aromatic nitrogens is 1. The van der Waals surface area contributed by atoms with Gasteiger partial charge in [0.05, 0.1) is 0 Å². The van der Waals surface area contributed by atoms with E-state index in [9.17, 15) is 0 Å². The number of hydrogen-bond acceptors (Lipinski definition) is 4. The molecular weight excluding hydrogens is 200 g/mol. The molecule has 4 nitrogen and oxygen atoms in total. The average molecular weight is 220 g/mol. The van der Waals surface area contributed by atoms with E-state index in [1.807, 2.05) is 6.07 Å². The minimum absolute atomic E-state index is 0.422. The van der Waals surface area contributed by atoms with Crippen LogP contribution >= 0.6 is 0 Å². The van der Waals surface area contributed by atoms with Crippen LogP contribution < -0.4 is 15.5 Å². The Labute approximate surface area is 97.1 Å². The summed E-state index contributed by atoms with van der Waals surface area (Å²) in [5.41, 5.74) is 0. The molecule has 0 spiro atoms. The van der Waals surface area contributed by atoms with Crippen LogP contribution in [0.15, 0.2) is 18.2 Å². The normalized spacial score (nSPS) is 16.6. The molecule has 16 heavy (non-hydrogen) atoms. The van der Waals surface area contributed by atoms with E-state index in [4.69, 9.17) is 0 Å². The van der Waals surface area contributed by atoms with E-state index in [1.165, 1.54) is 0 Å². The van der Waals surface area contributed by atoms with Gasteiger partial charge in [0.15, 0.2) is 0 Å². The number of pyridine rings is 1. The Balaban J connectivity index is 2.08. The Morgan fingerprint density at radius 3 is 2.75 bits per heavy atom. The van der Waals surface area contributed by atoms with Gasteiger partial charge in [-0.1, -0.05) is 6.07 Å². The van der Waals surface area contributed by atoms with E-state index in [1.54, 1.807) is 0 Å². The van der Waals surface area contributed by atoms with Gasteiger partial charge in [-0.05, 0) is 26.0 Å². The van der Waals surface area contributed by atoms with Gasteiger partial charge in [0, 0.05) is 32.2 Å². The van der Waals surface area contributed by atoms with Crippen molar-refractivity contribution in [2.45, 2.75) is 19.9 Å². The summed E-state index contributed by atoms with van der Waals surface area (Å²) in [5, 5.41) is 6.68. The molecule has 0 radical (unpaired) electrons. The highest BCUT2D eigenvalue weighted by Crippen LogP contribution is 2.15. The fourth-order valence-corrected chi connectivity index (χ4v) is 1.87. The molecule has 0 atom stereocenters. The zero-order valence-corrected chi connectivity index (χ0v) is 10.0. The molecule has 1 aromatic heterocycles. The maximum absolute atomic E-state index is 4.62. The van der Waals surface area contributed by atoms with Crippen molar-refractivity contribution in [1.82, 2.24) is 10.3 Å². The van der Waals surface area contributed by atoms with Crippen LogP contribution in [0.3, 0.4) is 0 Å². The van der Waals surface area contributed by atoms with Crippen LogP contribution in [0, 0.1) is 0 Å². The lowest BCUT2D eigenvalue weighted by Crippen LogP contribution is -2.43. The molecule has 88 valence electrons. The summed E-state index contributed by atoms with van der Waals surface area (Å²) >= 11 is 0. The maximum atomic E-state index is 4.62. The highest BCUT2D eigenvalue weighted by Gasteiger charge is 2.11. The molecule has 0 bridgehead atoms. The van der Waals surface area contributed by atoms with E-state index in [2.05, 4.69) is 46.5 Å². The molecule has 0 unspecified atom stereocenters.